The van der Waals surface area contributed by atoms with E-state index in [4.69, 9.17) is 0 Å². The molecule has 0 bridgehead atoms. The zero-order chi connectivity index (χ0) is 26.1. The number of likely N-dealkylation sites (tertiary alicyclic amines) is 2. The fraction of sp³-hybridized carbons (Fsp3) is 0.931. The number of nitrogens with zero attached hydrogens (tertiary/aromatic N) is 3. The summed E-state index contributed by atoms with van der Waals surface area (Å²) in [6, 6.07) is 0.944. The van der Waals surface area contributed by atoms with Gasteiger partial charge in [-0.2, -0.15) is 0 Å². The third-order valence-electron chi connectivity index (χ3n) is 9.43. The van der Waals surface area contributed by atoms with Gasteiger partial charge < -0.3 is 10.2 Å². The van der Waals surface area contributed by atoms with Gasteiger partial charge in [-0.25, -0.2) is 0 Å². The van der Waals surface area contributed by atoms with E-state index >= 15 is 0 Å². The lowest BCUT2D eigenvalue weighted by atomic mass is 9.76. The Labute approximate surface area is 213 Å². The normalized spacial score (nSPS) is 26.2. The van der Waals surface area contributed by atoms with E-state index in [1.165, 1.54) is 32.1 Å². The van der Waals surface area contributed by atoms with Gasteiger partial charge in [0.25, 0.3) is 0 Å². The van der Waals surface area contributed by atoms with Gasteiger partial charge in [-0.15, -0.1) is 0 Å². The van der Waals surface area contributed by atoms with Crippen LogP contribution in [0.3, 0.4) is 0 Å². The first kappa shape index (κ1) is 29.5. The summed E-state index contributed by atoms with van der Waals surface area (Å²) in [5.74, 6) is 1.06. The van der Waals surface area contributed by atoms with Gasteiger partial charge in [0, 0.05) is 41.3 Å². The lowest BCUT2D eigenvalue weighted by Crippen LogP contribution is -2.67. The Balaban J connectivity index is 2.38. The Morgan fingerprint density at radius 2 is 1.29 bits per heavy atom. The summed E-state index contributed by atoms with van der Waals surface area (Å²) in [5, 5.41) is 7.66. The molecule has 0 spiro atoms. The Morgan fingerprint density at radius 1 is 0.853 bits per heavy atom. The molecule has 0 amide bonds. The van der Waals surface area contributed by atoms with E-state index in [1.54, 1.807) is 0 Å². The maximum atomic E-state index is 4.53. The molecular formula is C29H59N5. The molecule has 0 aromatic carbocycles. The van der Waals surface area contributed by atoms with Gasteiger partial charge in [0.2, 0.25) is 0 Å². The van der Waals surface area contributed by atoms with E-state index in [0.29, 0.717) is 18.2 Å². The average molecular weight is 478 g/mol. The van der Waals surface area contributed by atoms with Crippen molar-refractivity contribution in [1.82, 2.24) is 25.3 Å². The van der Waals surface area contributed by atoms with Crippen LogP contribution in [0.25, 0.3) is 0 Å². The first-order chi connectivity index (χ1) is 15.5. The van der Waals surface area contributed by atoms with Gasteiger partial charge in [0.1, 0.15) is 0 Å². The van der Waals surface area contributed by atoms with E-state index in [9.17, 15) is 0 Å². The van der Waals surface area contributed by atoms with Crippen molar-refractivity contribution in [3.05, 3.63) is 12.4 Å². The van der Waals surface area contributed by atoms with Gasteiger partial charge in [0.15, 0.2) is 0 Å². The highest BCUT2D eigenvalue weighted by Gasteiger charge is 2.47. The molecular weight excluding hydrogens is 418 g/mol. The van der Waals surface area contributed by atoms with Gasteiger partial charge in [-0.1, -0.05) is 32.8 Å². The van der Waals surface area contributed by atoms with Gasteiger partial charge in [-0.3, -0.25) is 15.1 Å². The number of unbranched alkanes of at least 4 members (excludes halogenated alkanes) is 2. The fourth-order valence-electron chi connectivity index (χ4n) is 6.96. The second kappa shape index (κ2) is 10.7. The number of rotatable bonds is 10. The van der Waals surface area contributed by atoms with Crippen LogP contribution in [0, 0.1) is 0 Å². The smallest absolute Gasteiger partial charge is 0.0951 e. The molecule has 2 heterocycles. The predicted molar refractivity (Wildman–Crippen MR) is 149 cm³/mol. The molecule has 0 aliphatic carbocycles. The van der Waals surface area contributed by atoms with Crippen LogP contribution in [-0.4, -0.2) is 76.2 Å². The molecule has 200 valence electrons. The van der Waals surface area contributed by atoms with Crippen molar-refractivity contribution in [2.75, 3.05) is 21.1 Å². The largest absolute Gasteiger partial charge is 0.375 e. The number of nitrogens with one attached hydrogen (secondary N) is 2. The summed E-state index contributed by atoms with van der Waals surface area (Å²) in [7, 11) is 6.63. The Hall–Kier alpha value is -0.780. The topological polar surface area (TPSA) is 33.8 Å². The molecule has 2 aliphatic rings. The second-order valence-electron chi connectivity index (χ2n) is 13.8. The van der Waals surface area contributed by atoms with Crippen molar-refractivity contribution in [2.45, 2.75) is 154 Å². The van der Waals surface area contributed by atoms with E-state index in [2.05, 4.69) is 108 Å². The van der Waals surface area contributed by atoms with Crippen LogP contribution >= 0.6 is 0 Å². The van der Waals surface area contributed by atoms with Gasteiger partial charge in [0.05, 0.1) is 12.0 Å². The standard InChI is InChI=1S/C29H59N5/c1-14-15-16-17-25(31-23-18-26(3,4)32(12)27(5,6)19-23)34(22(2)30-11)24-20-28(7,8)33(13)29(9,10)21-24/h23-25,30-31H,2,14-21H2,1,3-13H3. The Kier molecular flexibility index (Phi) is 9.25. The van der Waals surface area contributed by atoms with Crippen molar-refractivity contribution in [1.29, 1.82) is 0 Å². The third kappa shape index (κ3) is 6.50. The average Bonchev–Trinajstić information content (AvgIpc) is 2.69. The maximum Gasteiger partial charge on any atom is 0.0951 e. The quantitative estimate of drug-likeness (QED) is 0.308. The van der Waals surface area contributed by atoms with Crippen LogP contribution in [0.5, 0.6) is 0 Å². The first-order valence-electron chi connectivity index (χ1n) is 13.9. The molecule has 5 heteroatoms. The predicted octanol–water partition coefficient (Wildman–Crippen LogP) is 5.78. The first-order valence-corrected chi connectivity index (χ1v) is 13.9. The summed E-state index contributed by atoms with van der Waals surface area (Å²) in [6.45, 7) is 26.1. The summed E-state index contributed by atoms with van der Waals surface area (Å²) in [6.07, 6.45) is 9.87. The molecule has 5 nitrogen and oxygen atoms in total. The summed E-state index contributed by atoms with van der Waals surface area (Å²) >= 11 is 0. The Morgan fingerprint density at radius 3 is 1.71 bits per heavy atom. The lowest BCUT2D eigenvalue weighted by molar-refractivity contribution is -0.0603. The van der Waals surface area contributed by atoms with Crippen molar-refractivity contribution >= 4 is 0 Å². The van der Waals surface area contributed by atoms with Crippen LogP contribution in [0.1, 0.15) is 114 Å². The minimum atomic E-state index is 0.143. The molecule has 34 heavy (non-hydrogen) atoms. The minimum absolute atomic E-state index is 0.143. The van der Waals surface area contributed by atoms with E-state index in [-0.39, 0.29) is 22.2 Å². The number of hydrogen-bond acceptors (Lipinski definition) is 5. The molecule has 1 unspecified atom stereocenters. The van der Waals surface area contributed by atoms with Crippen LogP contribution < -0.4 is 10.6 Å². The van der Waals surface area contributed by atoms with E-state index < -0.39 is 0 Å². The minimum Gasteiger partial charge on any atom is -0.375 e. The highest BCUT2D eigenvalue weighted by Crippen LogP contribution is 2.41. The molecule has 2 aliphatic heterocycles. The molecule has 2 N–H and O–H groups in total. The van der Waals surface area contributed by atoms with Crippen LogP contribution in [0.4, 0.5) is 0 Å². The molecule has 0 saturated carbocycles. The van der Waals surface area contributed by atoms with Crippen LogP contribution in [0.2, 0.25) is 0 Å². The highest BCUT2D eigenvalue weighted by atomic mass is 15.4. The van der Waals surface area contributed by atoms with Crippen LogP contribution in [0.15, 0.2) is 12.4 Å². The molecule has 2 rings (SSSR count). The third-order valence-corrected chi connectivity index (χ3v) is 9.43. The number of piperidine rings is 2. The molecule has 2 fully saturated rings. The summed E-state index contributed by atoms with van der Waals surface area (Å²) < 4.78 is 0. The zero-order valence-corrected chi connectivity index (χ0v) is 24.9. The van der Waals surface area contributed by atoms with Crippen molar-refractivity contribution < 1.29 is 0 Å². The molecule has 1 atom stereocenters. The SMILES string of the molecule is C=C(NC)N(C1CC(C)(C)N(C)C(C)(C)C1)C(CCCCC)NC1CC(C)(C)N(C)C(C)(C)C1. The maximum absolute atomic E-state index is 4.53. The van der Waals surface area contributed by atoms with Crippen molar-refractivity contribution in [3.8, 4) is 0 Å². The van der Waals surface area contributed by atoms with E-state index in [0.717, 1.165) is 25.1 Å². The summed E-state index contributed by atoms with van der Waals surface area (Å²) in [5.41, 5.74) is 0.639. The zero-order valence-electron chi connectivity index (χ0n) is 24.9. The van der Waals surface area contributed by atoms with Crippen molar-refractivity contribution in [2.24, 2.45) is 0 Å². The second-order valence-corrected chi connectivity index (χ2v) is 13.8. The Bertz CT molecular complexity index is 644. The van der Waals surface area contributed by atoms with Gasteiger partial charge >= 0.3 is 0 Å². The van der Waals surface area contributed by atoms with E-state index in [1.807, 2.05) is 7.05 Å². The molecule has 0 aromatic heterocycles. The molecule has 2 saturated heterocycles. The monoisotopic (exact) mass is 477 g/mol. The van der Waals surface area contributed by atoms with Crippen LogP contribution in [-0.2, 0) is 0 Å². The lowest BCUT2D eigenvalue weighted by Gasteiger charge is -2.58. The number of hydrogen-bond donors (Lipinski definition) is 2. The summed E-state index contributed by atoms with van der Waals surface area (Å²) in [4.78, 5) is 7.80. The molecule has 0 radical (unpaired) electrons. The molecule has 0 aromatic rings. The fourth-order valence-corrected chi connectivity index (χ4v) is 6.96. The highest BCUT2D eigenvalue weighted by molar-refractivity contribution is 5.08. The van der Waals surface area contributed by atoms with Crippen molar-refractivity contribution in [3.63, 3.8) is 0 Å². The van der Waals surface area contributed by atoms with Gasteiger partial charge in [-0.05, 0) is 102 Å².